The smallest absolute Gasteiger partial charge is 0.265 e. The lowest BCUT2D eigenvalue weighted by atomic mass is 9.80. The van der Waals surface area contributed by atoms with E-state index in [1.54, 1.807) is 6.92 Å². The Morgan fingerprint density at radius 3 is 2.27 bits per heavy atom. The number of phenolic OH excluding ortho intramolecular Hbond substituents is 1. The first kappa shape index (κ1) is 27.3. The number of halogens is 2. The van der Waals surface area contributed by atoms with Crippen molar-refractivity contribution >= 4 is 34.8 Å². The Bertz CT molecular complexity index is 1000. The number of carbonyl (C=O) groups is 1. The number of hydrogen-bond acceptors (Lipinski definition) is 3. The Labute approximate surface area is 208 Å². The molecule has 4 nitrogen and oxygen atoms in total. The van der Waals surface area contributed by atoms with Crippen LogP contribution < -0.4 is 10.1 Å². The van der Waals surface area contributed by atoms with Crippen molar-refractivity contribution in [3.8, 4) is 11.5 Å². The molecule has 0 aromatic heterocycles. The van der Waals surface area contributed by atoms with Crippen molar-refractivity contribution in [1.82, 2.24) is 0 Å². The van der Waals surface area contributed by atoms with Gasteiger partial charge in [0.1, 0.15) is 5.75 Å². The number of amides is 1. The van der Waals surface area contributed by atoms with Gasteiger partial charge in [-0.15, -0.1) is 0 Å². The van der Waals surface area contributed by atoms with Gasteiger partial charge in [0, 0.05) is 5.02 Å². The van der Waals surface area contributed by atoms with Gasteiger partial charge in [-0.05, 0) is 59.4 Å². The molecular weight excluding hydrogens is 457 g/mol. The number of carbonyl (C=O) groups excluding carboxylic acids is 1. The van der Waals surface area contributed by atoms with Crippen LogP contribution in [0.25, 0.3) is 0 Å². The zero-order valence-electron chi connectivity index (χ0n) is 21.0. The second kappa shape index (κ2) is 10.6. The van der Waals surface area contributed by atoms with Crippen molar-refractivity contribution < 1.29 is 14.6 Å². The Morgan fingerprint density at radius 1 is 1.09 bits per heavy atom. The van der Waals surface area contributed by atoms with Gasteiger partial charge < -0.3 is 15.2 Å². The van der Waals surface area contributed by atoms with Crippen molar-refractivity contribution in [3.63, 3.8) is 0 Å². The predicted octanol–water partition coefficient (Wildman–Crippen LogP) is 8.18. The maximum Gasteiger partial charge on any atom is 0.265 e. The number of benzene rings is 2. The van der Waals surface area contributed by atoms with Gasteiger partial charge in [-0.2, -0.15) is 0 Å². The lowest BCUT2D eigenvalue weighted by Crippen LogP contribution is -2.34. The minimum Gasteiger partial charge on any atom is -0.504 e. The van der Waals surface area contributed by atoms with Crippen molar-refractivity contribution in [3.05, 3.63) is 51.0 Å². The Kier molecular flexibility index (Phi) is 8.75. The van der Waals surface area contributed by atoms with Gasteiger partial charge in [0.05, 0.1) is 10.7 Å². The summed E-state index contributed by atoms with van der Waals surface area (Å²) in [5, 5.41) is 13.7. The summed E-state index contributed by atoms with van der Waals surface area (Å²) < 4.78 is 6.34. The molecule has 2 aromatic rings. The summed E-state index contributed by atoms with van der Waals surface area (Å²) >= 11 is 12.4. The van der Waals surface area contributed by atoms with Crippen LogP contribution in [0.5, 0.6) is 11.5 Å². The van der Waals surface area contributed by atoms with Gasteiger partial charge in [-0.3, -0.25) is 4.79 Å². The number of nitrogens with one attached hydrogen (secondary N) is 1. The molecule has 0 aliphatic heterocycles. The van der Waals surface area contributed by atoms with Gasteiger partial charge in [0.25, 0.3) is 5.91 Å². The first-order valence-electron chi connectivity index (χ1n) is 11.5. The molecule has 2 aromatic carbocycles. The summed E-state index contributed by atoms with van der Waals surface area (Å²) in [6.07, 6.45) is 1.56. The highest BCUT2D eigenvalue weighted by Gasteiger charge is 2.27. The van der Waals surface area contributed by atoms with Crippen LogP contribution in [0.1, 0.15) is 84.4 Å². The monoisotopic (exact) mass is 493 g/mol. The van der Waals surface area contributed by atoms with Crippen molar-refractivity contribution in [2.45, 2.75) is 91.6 Å². The third-order valence-electron chi connectivity index (χ3n) is 5.71. The van der Waals surface area contributed by atoms with Crippen LogP contribution in [-0.4, -0.2) is 17.1 Å². The molecule has 2 rings (SSSR count). The highest BCUT2D eigenvalue weighted by molar-refractivity contribution is 6.37. The summed E-state index contributed by atoms with van der Waals surface area (Å²) in [6.45, 7) is 16.7. The van der Waals surface area contributed by atoms with E-state index >= 15 is 0 Å². The molecule has 0 bridgehead atoms. The highest BCUT2D eigenvalue weighted by atomic mass is 35.5. The number of hydrogen-bond donors (Lipinski definition) is 2. The lowest BCUT2D eigenvalue weighted by molar-refractivity contribution is -0.123. The van der Waals surface area contributed by atoms with Crippen molar-refractivity contribution in [1.29, 1.82) is 0 Å². The zero-order chi connectivity index (χ0) is 25.1. The van der Waals surface area contributed by atoms with Crippen LogP contribution in [0, 0.1) is 6.92 Å². The van der Waals surface area contributed by atoms with Crippen molar-refractivity contribution in [2.24, 2.45) is 0 Å². The molecule has 33 heavy (non-hydrogen) atoms. The van der Waals surface area contributed by atoms with Gasteiger partial charge in [-0.25, -0.2) is 0 Å². The third-order valence-corrected chi connectivity index (χ3v) is 6.57. The SMILES string of the molecule is CCCCC(Oc1ccc(C(C)(C)C)cc1C(C)(C)C)C(=O)Nc1cc(Cl)c(C)c(Cl)c1O. The first-order valence-corrected chi connectivity index (χ1v) is 12.2. The largest absolute Gasteiger partial charge is 0.504 e. The van der Waals surface area contributed by atoms with Crippen LogP contribution in [-0.2, 0) is 15.6 Å². The molecule has 2 N–H and O–H groups in total. The van der Waals surface area contributed by atoms with Gasteiger partial charge in [-0.1, -0.05) is 90.2 Å². The maximum absolute atomic E-state index is 13.2. The second-order valence-electron chi connectivity index (χ2n) is 10.6. The standard InChI is InChI=1S/C27H37Cl2NO3/c1-9-10-11-22(25(32)30-20-15-19(28)16(2)23(29)24(20)31)33-21-13-12-17(26(3,4)5)14-18(21)27(6,7)8/h12-15,22,31H,9-11H2,1-8H3,(H,30,32). The molecule has 1 amide bonds. The zero-order valence-corrected chi connectivity index (χ0v) is 22.5. The van der Waals surface area contributed by atoms with E-state index in [1.165, 1.54) is 11.6 Å². The van der Waals surface area contributed by atoms with Crippen molar-refractivity contribution in [2.75, 3.05) is 5.32 Å². The van der Waals surface area contributed by atoms with E-state index in [2.05, 4.69) is 65.9 Å². The van der Waals surface area contributed by atoms with Gasteiger partial charge in [0.15, 0.2) is 11.9 Å². The number of phenols is 1. The fourth-order valence-corrected chi connectivity index (χ4v) is 3.94. The first-order chi connectivity index (χ1) is 15.2. The highest BCUT2D eigenvalue weighted by Crippen LogP contribution is 2.39. The Balaban J connectivity index is 2.41. The third kappa shape index (κ3) is 6.80. The molecule has 0 saturated heterocycles. The van der Waals surface area contributed by atoms with E-state index in [9.17, 15) is 9.90 Å². The normalized spacial score (nSPS) is 13.0. The molecule has 1 atom stereocenters. The number of ether oxygens (including phenoxy) is 1. The summed E-state index contributed by atoms with van der Waals surface area (Å²) in [7, 11) is 0. The fourth-order valence-electron chi connectivity index (χ4n) is 3.48. The van der Waals surface area contributed by atoms with E-state index in [4.69, 9.17) is 27.9 Å². The van der Waals surface area contributed by atoms with E-state index < -0.39 is 6.10 Å². The molecule has 6 heteroatoms. The van der Waals surface area contributed by atoms with E-state index in [1.807, 2.05) is 6.07 Å². The van der Waals surface area contributed by atoms with Crippen LogP contribution in [0.15, 0.2) is 24.3 Å². The Hall–Kier alpha value is -1.91. The summed E-state index contributed by atoms with van der Waals surface area (Å²) in [6, 6.07) is 7.70. The van der Waals surface area contributed by atoms with E-state index in [-0.39, 0.29) is 33.2 Å². The van der Waals surface area contributed by atoms with E-state index in [0.717, 1.165) is 18.4 Å². The van der Waals surface area contributed by atoms with Gasteiger partial charge in [0.2, 0.25) is 0 Å². The second-order valence-corrected chi connectivity index (χ2v) is 11.4. The average Bonchev–Trinajstić information content (AvgIpc) is 2.71. The number of aromatic hydroxyl groups is 1. The molecule has 1 unspecified atom stereocenters. The minimum absolute atomic E-state index is 0.000972. The molecule has 0 radical (unpaired) electrons. The van der Waals surface area contributed by atoms with Crippen LogP contribution >= 0.6 is 23.2 Å². The summed E-state index contributed by atoms with van der Waals surface area (Å²) in [5.74, 6) is 0.136. The molecule has 0 aliphatic rings. The topological polar surface area (TPSA) is 58.6 Å². The molecule has 0 fully saturated rings. The molecule has 0 aliphatic carbocycles. The summed E-state index contributed by atoms with van der Waals surface area (Å²) in [4.78, 5) is 13.2. The molecule has 182 valence electrons. The number of unbranched alkanes of at least 4 members (excludes halogenated alkanes) is 1. The summed E-state index contributed by atoms with van der Waals surface area (Å²) in [5.41, 5.74) is 2.82. The molecule has 0 heterocycles. The lowest BCUT2D eigenvalue weighted by Gasteiger charge is -2.29. The van der Waals surface area contributed by atoms with Crippen LogP contribution in [0.4, 0.5) is 5.69 Å². The predicted molar refractivity (Wildman–Crippen MR) is 139 cm³/mol. The molecule has 0 saturated carbocycles. The minimum atomic E-state index is -0.732. The number of rotatable bonds is 7. The van der Waals surface area contributed by atoms with Crippen LogP contribution in [0.2, 0.25) is 10.0 Å². The van der Waals surface area contributed by atoms with E-state index in [0.29, 0.717) is 22.8 Å². The van der Waals surface area contributed by atoms with Gasteiger partial charge >= 0.3 is 0 Å². The molecule has 0 spiro atoms. The number of anilines is 1. The maximum atomic E-state index is 13.2. The average molecular weight is 495 g/mol. The Morgan fingerprint density at radius 2 is 1.73 bits per heavy atom. The van der Waals surface area contributed by atoms with Crippen LogP contribution in [0.3, 0.4) is 0 Å². The fraction of sp³-hybridized carbons (Fsp3) is 0.519. The molecular formula is C27H37Cl2NO3. The quantitative estimate of drug-likeness (QED) is 0.382.